The summed E-state index contributed by atoms with van der Waals surface area (Å²) in [6, 6.07) is 16.4. The van der Waals surface area contributed by atoms with E-state index in [0.717, 1.165) is 56.9 Å². The number of pyridine rings is 1. The number of H-pyrrole nitrogens is 1. The number of nitrogens with zero attached hydrogens (tertiary/aromatic N) is 1. The molecule has 56 heavy (non-hydrogen) atoms. The molecule has 13 nitrogen and oxygen atoms in total. The largest absolute Gasteiger partial charge is 0.508 e. The van der Waals surface area contributed by atoms with Gasteiger partial charge in [-0.05, 0) is 106 Å². The van der Waals surface area contributed by atoms with E-state index in [1.54, 1.807) is 36.4 Å². The van der Waals surface area contributed by atoms with Crippen LogP contribution in [0.15, 0.2) is 65.5 Å². The normalized spacial score (nSPS) is 18.4. The molecule has 14 heteroatoms. The zero-order valence-electron chi connectivity index (χ0n) is 31.8. The highest BCUT2D eigenvalue weighted by Gasteiger charge is 2.36. The van der Waals surface area contributed by atoms with E-state index in [1.807, 2.05) is 19.2 Å². The molecule has 2 aliphatic rings. The Kier molecular flexibility index (Phi) is 13.8. The zero-order chi connectivity index (χ0) is 39.8. The number of likely N-dealkylation sites (N-methyl/N-ethyl adjacent to an activating group) is 1. The number of hydrogen-bond donors (Lipinski definition) is 6. The van der Waals surface area contributed by atoms with E-state index in [2.05, 4.69) is 20.5 Å². The summed E-state index contributed by atoms with van der Waals surface area (Å²) in [5.41, 5.74) is 2.33. The third-order valence-electron chi connectivity index (χ3n) is 11.1. The van der Waals surface area contributed by atoms with Crippen molar-refractivity contribution in [2.75, 3.05) is 39.2 Å². The lowest BCUT2D eigenvalue weighted by molar-refractivity contribution is -0.152. The number of aromatic amines is 1. The van der Waals surface area contributed by atoms with Gasteiger partial charge in [-0.1, -0.05) is 29.8 Å². The van der Waals surface area contributed by atoms with Crippen LogP contribution in [0, 0.1) is 5.92 Å². The molecule has 2 atom stereocenters. The number of phenols is 2. The summed E-state index contributed by atoms with van der Waals surface area (Å²) in [5, 5.41) is 37.6. The number of fused-ring (bicyclic) bond motifs is 1. The van der Waals surface area contributed by atoms with Gasteiger partial charge in [-0.2, -0.15) is 0 Å². The maximum absolute atomic E-state index is 13.5. The summed E-state index contributed by atoms with van der Waals surface area (Å²) in [7, 11) is 3.52. The van der Waals surface area contributed by atoms with Gasteiger partial charge in [0.1, 0.15) is 30.0 Å². The molecule has 300 valence electrons. The first-order chi connectivity index (χ1) is 27.0. The number of ether oxygens (including phenoxy) is 3. The van der Waals surface area contributed by atoms with Crippen LogP contribution < -0.4 is 20.9 Å². The number of esters is 1. The van der Waals surface area contributed by atoms with Crippen molar-refractivity contribution in [2.45, 2.75) is 82.1 Å². The van der Waals surface area contributed by atoms with Gasteiger partial charge in [0.2, 0.25) is 5.56 Å². The third kappa shape index (κ3) is 10.1. The Hall–Kier alpha value is -4.82. The number of hydrogen-bond acceptors (Lipinski definition) is 11. The van der Waals surface area contributed by atoms with Crippen LogP contribution in [0.4, 0.5) is 10.5 Å². The van der Waals surface area contributed by atoms with Crippen LogP contribution in [0.3, 0.4) is 0 Å². The van der Waals surface area contributed by atoms with Crippen LogP contribution in [0.1, 0.15) is 80.1 Å². The minimum absolute atomic E-state index is 0.00912. The van der Waals surface area contributed by atoms with E-state index >= 15 is 0 Å². The molecule has 0 radical (unpaired) electrons. The smallest absolute Gasteiger partial charge is 0.411 e. The number of aromatic nitrogens is 1. The summed E-state index contributed by atoms with van der Waals surface area (Å²) in [5.74, 6) is 0.147. The first-order valence-corrected chi connectivity index (χ1v) is 19.6. The van der Waals surface area contributed by atoms with Crippen molar-refractivity contribution < 1.29 is 39.1 Å². The molecule has 2 fully saturated rings. The van der Waals surface area contributed by atoms with Crippen LogP contribution in [0.2, 0.25) is 5.02 Å². The number of amides is 1. The van der Waals surface area contributed by atoms with Crippen molar-refractivity contribution in [3.8, 4) is 17.2 Å². The van der Waals surface area contributed by atoms with Crippen molar-refractivity contribution in [2.24, 2.45) is 5.92 Å². The number of aromatic hydroxyl groups is 2. The van der Waals surface area contributed by atoms with Crippen LogP contribution in [-0.2, 0) is 20.8 Å². The van der Waals surface area contributed by atoms with Gasteiger partial charge in [0, 0.05) is 48.8 Å². The fourth-order valence-corrected chi connectivity index (χ4v) is 8.27. The Balaban J connectivity index is 0.960. The average Bonchev–Trinajstić information content (AvgIpc) is 3.70. The topological polar surface area (TPSA) is 183 Å². The Morgan fingerprint density at radius 3 is 2.43 bits per heavy atom. The number of rotatable bonds is 15. The molecule has 6 N–H and O–H groups in total. The fourth-order valence-electron chi connectivity index (χ4n) is 8.03. The van der Waals surface area contributed by atoms with E-state index in [4.69, 9.17) is 25.8 Å². The van der Waals surface area contributed by atoms with E-state index < -0.39 is 12.2 Å². The van der Waals surface area contributed by atoms with Gasteiger partial charge in [0.25, 0.3) is 0 Å². The maximum atomic E-state index is 13.5. The van der Waals surface area contributed by atoms with Crippen LogP contribution in [0.25, 0.3) is 10.9 Å². The Morgan fingerprint density at radius 1 is 0.982 bits per heavy atom. The molecule has 1 heterocycles. The second-order valence-electron chi connectivity index (χ2n) is 14.8. The molecule has 2 saturated carbocycles. The molecular weight excluding hydrogens is 740 g/mol. The number of benzene rings is 3. The summed E-state index contributed by atoms with van der Waals surface area (Å²) >= 11 is 6.56. The Labute approximate surface area is 330 Å². The minimum Gasteiger partial charge on any atom is -0.508 e. The monoisotopic (exact) mass is 790 g/mol. The molecule has 1 amide bonds. The quantitative estimate of drug-likeness (QED) is 0.0703. The first kappa shape index (κ1) is 40.8. The van der Waals surface area contributed by atoms with E-state index in [0.29, 0.717) is 34.5 Å². The lowest BCUT2D eigenvalue weighted by atomic mass is 9.75. The standard InChI is InChI=1S/C42H51ClN4O9/c1-47(28-11-7-25(8-12-28)39(26-9-13-29(48)14-10-26)41(52)56-30-5-3-4-6-30)19-20-55-42(53)45-34-22-37(54-2)27(21-33(34)43)23-44-24-36(50)31-15-17-35(49)40-32(31)16-18-38(51)46-40/h9-10,13-18,21-22,25,28,30,36,39,44,48-50H,3-8,11-12,19-20,23-24H2,1-2H3,(H,45,53)(H,46,51)/t25?,28?,36-,39+/m0/s1. The second kappa shape index (κ2) is 18.9. The predicted molar refractivity (Wildman–Crippen MR) is 213 cm³/mol. The SMILES string of the molecule is COc1cc(NC(=O)OCCN(C)C2CCC([C@@H](C(=O)OC3CCCC3)c3ccc(O)cc3)CC2)c(Cl)cc1CNC[C@H](O)c1ccc(O)c2[nH]c(=O)ccc12. The molecule has 0 bridgehead atoms. The van der Waals surface area contributed by atoms with Gasteiger partial charge in [0.05, 0.1) is 35.4 Å². The van der Waals surface area contributed by atoms with E-state index in [-0.39, 0.29) is 77.2 Å². The molecule has 2 aliphatic carbocycles. The number of anilines is 1. The highest BCUT2D eigenvalue weighted by atomic mass is 35.5. The van der Waals surface area contributed by atoms with Gasteiger partial charge in [0.15, 0.2) is 0 Å². The van der Waals surface area contributed by atoms with Gasteiger partial charge in [-0.25, -0.2) is 4.79 Å². The Morgan fingerprint density at radius 2 is 1.71 bits per heavy atom. The second-order valence-corrected chi connectivity index (χ2v) is 15.2. The highest BCUT2D eigenvalue weighted by Crippen LogP contribution is 2.40. The van der Waals surface area contributed by atoms with Crippen LogP contribution >= 0.6 is 11.6 Å². The summed E-state index contributed by atoms with van der Waals surface area (Å²) in [6.07, 6.45) is 5.89. The van der Waals surface area contributed by atoms with Crippen LogP contribution in [-0.4, -0.2) is 83.3 Å². The van der Waals surface area contributed by atoms with Crippen molar-refractivity contribution in [1.29, 1.82) is 0 Å². The highest BCUT2D eigenvalue weighted by molar-refractivity contribution is 6.33. The van der Waals surface area contributed by atoms with E-state index in [9.17, 15) is 29.7 Å². The lowest BCUT2D eigenvalue weighted by Gasteiger charge is -2.37. The number of halogens is 1. The summed E-state index contributed by atoms with van der Waals surface area (Å²) in [6.45, 7) is 1.13. The summed E-state index contributed by atoms with van der Waals surface area (Å²) in [4.78, 5) is 42.8. The lowest BCUT2D eigenvalue weighted by Crippen LogP contribution is -2.39. The molecule has 3 aromatic carbocycles. The van der Waals surface area contributed by atoms with Crippen molar-refractivity contribution in [1.82, 2.24) is 15.2 Å². The molecule has 6 rings (SSSR count). The maximum Gasteiger partial charge on any atom is 0.411 e. The van der Waals surface area contributed by atoms with Crippen LogP contribution in [0.5, 0.6) is 17.2 Å². The number of carbonyl (C=O) groups excluding carboxylic acids is 2. The number of carbonyl (C=O) groups is 2. The number of methoxy groups -OCH3 is 1. The molecular formula is C42H51ClN4O9. The molecule has 0 aliphatic heterocycles. The summed E-state index contributed by atoms with van der Waals surface area (Å²) < 4.78 is 17.1. The Bertz CT molecular complexity index is 2030. The van der Waals surface area contributed by atoms with Gasteiger partial charge < -0.3 is 44.7 Å². The van der Waals surface area contributed by atoms with Crippen molar-refractivity contribution >= 4 is 40.3 Å². The molecule has 1 aromatic heterocycles. The number of aliphatic hydroxyl groups excluding tert-OH is 1. The molecule has 0 spiro atoms. The van der Waals surface area contributed by atoms with Crippen molar-refractivity contribution in [3.63, 3.8) is 0 Å². The minimum atomic E-state index is -0.948. The number of aliphatic hydroxyl groups is 1. The van der Waals surface area contributed by atoms with Crippen molar-refractivity contribution in [3.05, 3.63) is 92.7 Å². The van der Waals surface area contributed by atoms with E-state index in [1.165, 1.54) is 19.2 Å². The van der Waals surface area contributed by atoms with Gasteiger partial charge in [-0.3, -0.25) is 14.9 Å². The average molecular weight is 791 g/mol. The number of nitrogens with one attached hydrogen (secondary N) is 3. The zero-order valence-corrected chi connectivity index (χ0v) is 32.5. The molecule has 0 unspecified atom stereocenters. The third-order valence-corrected chi connectivity index (χ3v) is 11.4. The number of phenolic OH excluding ortho intramolecular Hbond substituents is 2. The van der Waals surface area contributed by atoms with Gasteiger partial charge >= 0.3 is 12.1 Å². The predicted octanol–water partition coefficient (Wildman–Crippen LogP) is 6.73. The van der Waals surface area contributed by atoms with Gasteiger partial charge in [-0.15, -0.1) is 0 Å². The first-order valence-electron chi connectivity index (χ1n) is 19.2. The molecule has 4 aromatic rings. The fraction of sp³-hybridized carbons (Fsp3) is 0.452. The molecule has 0 saturated heterocycles.